The van der Waals surface area contributed by atoms with E-state index in [9.17, 15) is 4.79 Å². The summed E-state index contributed by atoms with van der Waals surface area (Å²) in [6.45, 7) is 3.96. The zero-order valence-corrected chi connectivity index (χ0v) is 10.5. The summed E-state index contributed by atoms with van der Waals surface area (Å²) in [4.78, 5) is 17.5. The largest absolute Gasteiger partial charge is 0.396 e. The molecule has 6 heteroatoms. The molecule has 1 aliphatic rings. The Labute approximate surface area is 105 Å². The lowest BCUT2D eigenvalue weighted by molar-refractivity contribution is 0.0995. The molecule has 1 aliphatic heterocycles. The van der Waals surface area contributed by atoms with E-state index >= 15 is 0 Å². The van der Waals surface area contributed by atoms with Crippen LogP contribution in [0.3, 0.4) is 0 Å². The fourth-order valence-corrected chi connectivity index (χ4v) is 2.87. The lowest BCUT2D eigenvalue weighted by atomic mass is 10.2. The van der Waals surface area contributed by atoms with Gasteiger partial charge in [0.1, 0.15) is 5.69 Å². The number of thioether (sulfide) groups is 1. The van der Waals surface area contributed by atoms with E-state index in [0.717, 1.165) is 18.8 Å². The van der Waals surface area contributed by atoms with Gasteiger partial charge in [-0.15, -0.1) is 0 Å². The number of hydrogen-bond donors (Lipinski definition) is 2. The van der Waals surface area contributed by atoms with Crippen LogP contribution in [0.2, 0.25) is 0 Å². The molecule has 0 spiro atoms. The van der Waals surface area contributed by atoms with E-state index in [-0.39, 0.29) is 5.69 Å². The van der Waals surface area contributed by atoms with Crippen molar-refractivity contribution in [2.24, 2.45) is 5.73 Å². The second-order valence-electron chi connectivity index (χ2n) is 4.10. The first-order valence-corrected chi connectivity index (χ1v) is 6.55. The Hall–Kier alpha value is -1.43. The third-order valence-electron chi connectivity index (χ3n) is 2.70. The summed E-state index contributed by atoms with van der Waals surface area (Å²) in [6, 6.07) is 3.25. The van der Waals surface area contributed by atoms with Gasteiger partial charge in [-0.05, 0) is 12.1 Å². The Kier molecular flexibility index (Phi) is 3.42. The predicted molar refractivity (Wildman–Crippen MR) is 71.3 cm³/mol. The van der Waals surface area contributed by atoms with Gasteiger partial charge in [-0.3, -0.25) is 4.79 Å². The van der Waals surface area contributed by atoms with E-state index in [1.165, 1.54) is 0 Å². The number of aromatic nitrogens is 1. The van der Waals surface area contributed by atoms with Crippen LogP contribution in [0.1, 0.15) is 17.4 Å². The lowest BCUT2D eigenvalue weighted by Gasteiger charge is -2.32. The zero-order valence-electron chi connectivity index (χ0n) is 9.72. The highest BCUT2D eigenvalue weighted by Crippen LogP contribution is 2.26. The summed E-state index contributed by atoms with van der Waals surface area (Å²) in [5.74, 6) is 1.20. The topological polar surface area (TPSA) is 85.2 Å². The van der Waals surface area contributed by atoms with E-state index in [1.54, 1.807) is 12.1 Å². The summed E-state index contributed by atoms with van der Waals surface area (Å²) in [6.07, 6.45) is 0. The van der Waals surface area contributed by atoms with Crippen molar-refractivity contribution in [3.63, 3.8) is 0 Å². The average Bonchev–Trinajstić information content (AvgIpc) is 2.29. The van der Waals surface area contributed by atoms with Crippen LogP contribution in [0.25, 0.3) is 0 Å². The molecule has 1 fully saturated rings. The number of carbonyl (C=O) groups is 1. The van der Waals surface area contributed by atoms with Crippen molar-refractivity contribution < 1.29 is 4.79 Å². The maximum absolute atomic E-state index is 11.1. The second kappa shape index (κ2) is 4.83. The summed E-state index contributed by atoms with van der Waals surface area (Å²) in [5, 5.41) is 0.544. The minimum absolute atomic E-state index is 0.264. The Morgan fingerprint density at radius 1 is 1.59 bits per heavy atom. The van der Waals surface area contributed by atoms with Crippen LogP contribution in [-0.2, 0) is 0 Å². The number of amides is 1. The smallest absolute Gasteiger partial charge is 0.267 e. The number of pyridine rings is 1. The molecule has 1 saturated heterocycles. The molecule has 4 N–H and O–H groups in total. The molecule has 17 heavy (non-hydrogen) atoms. The molecule has 0 aromatic carbocycles. The van der Waals surface area contributed by atoms with Gasteiger partial charge in [0.25, 0.3) is 5.91 Å². The van der Waals surface area contributed by atoms with Crippen molar-refractivity contribution in [2.75, 3.05) is 29.5 Å². The first kappa shape index (κ1) is 12.0. The molecule has 92 valence electrons. The molecule has 0 bridgehead atoms. The Balaban J connectivity index is 2.29. The van der Waals surface area contributed by atoms with Gasteiger partial charge in [0.05, 0.1) is 5.69 Å². The molecule has 1 aromatic heterocycles. The van der Waals surface area contributed by atoms with Crippen molar-refractivity contribution >= 4 is 29.2 Å². The standard InChI is InChI=1S/C11H16N4OS/c1-7-6-15(4-5-17-7)11-8(12)2-3-9(14-11)10(13)16/h2-3,7H,4-6,12H2,1H3,(H2,13,16). The molecule has 1 amide bonds. The molecular weight excluding hydrogens is 236 g/mol. The fourth-order valence-electron chi connectivity index (χ4n) is 1.86. The van der Waals surface area contributed by atoms with Crippen molar-refractivity contribution in [1.82, 2.24) is 4.98 Å². The number of rotatable bonds is 2. The van der Waals surface area contributed by atoms with Crippen molar-refractivity contribution in [1.29, 1.82) is 0 Å². The molecule has 1 atom stereocenters. The molecule has 0 radical (unpaired) electrons. The molecule has 2 rings (SSSR count). The summed E-state index contributed by atoms with van der Waals surface area (Å²) in [7, 11) is 0. The van der Waals surface area contributed by atoms with Gasteiger partial charge in [-0.2, -0.15) is 11.8 Å². The van der Waals surface area contributed by atoms with E-state index < -0.39 is 5.91 Å². The highest BCUT2D eigenvalue weighted by Gasteiger charge is 2.20. The number of hydrogen-bond acceptors (Lipinski definition) is 5. The van der Waals surface area contributed by atoms with Crippen LogP contribution < -0.4 is 16.4 Å². The third-order valence-corrected chi connectivity index (χ3v) is 3.83. The zero-order chi connectivity index (χ0) is 12.4. The fraction of sp³-hybridized carbons (Fsp3) is 0.455. The third kappa shape index (κ3) is 2.63. The van der Waals surface area contributed by atoms with Gasteiger partial charge in [0.2, 0.25) is 0 Å². The van der Waals surface area contributed by atoms with E-state index in [1.807, 2.05) is 11.8 Å². The number of carbonyl (C=O) groups excluding carboxylic acids is 1. The molecule has 5 nitrogen and oxygen atoms in total. The lowest BCUT2D eigenvalue weighted by Crippen LogP contribution is -2.38. The van der Waals surface area contributed by atoms with Crippen LogP contribution in [0.15, 0.2) is 12.1 Å². The molecule has 0 saturated carbocycles. The van der Waals surface area contributed by atoms with Crippen LogP contribution in [0.4, 0.5) is 11.5 Å². The maximum atomic E-state index is 11.1. The molecule has 2 heterocycles. The van der Waals surface area contributed by atoms with Gasteiger partial charge in [-0.1, -0.05) is 6.92 Å². The SMILES string of the molecule is CC1CN(c2nc(C(N)=O)ccc2N)CCS1. The van der Waals surface area contributed by atoms with Crippen molar-refractivity contribution in [3.8, 4) is 0 Å². The summed E-state index contributed by atoms with van der Waals surface area (Å²) in [5.41, 5.74) is 12.0. The minimum atomic E-state index is -0.523. The number of primary amides is 1. The van der Waals surface area contributed by atoms with Gasteiger partial charge < -0.3 is 16.4 Å². The van der Waals surface area contributed by atoms with Crippen molar-refractivity contribution in [2.45, 2.75) is 12.2 Å². The van der Waals surface area contributed by atoms with Gasteiger partial charge in [0.15, 0.2) is 5.82 Å². The second-order valence-corrected chi connectivity index (χ2v) is 5.65. The van der Waals surface area contributed by atoms with Gasteiger partial charge in [0, 0.05) is 24.1 Å². The van der Waals surface area contributed by atoms with Gasteiger partial charge >= 0.3 is 0 Å². The number of anilines is 2. The summed E-state index contributed by atoms with van der Waals surface area (Å²) < 4.78 is 0. The monoisotopic (exact) mass is 252 g/mol. The Morgan fingerprint density at radius 3 is 3.00 bits per heavy atom. The quantitative estimate of drug-likeness (QED) is 0.809. The van der Waals surface area contributed by atoms with Crippen LogP contribution in [0, 0.1) is 0 Å². The first-order chi connectivity index (χ1) is 8.08. The number of nitrogens with two attached hydrogens (primary N) is 2. The Bertz CT molecular complexity index is 437. The number of nitrogens with zero attached hydrogens (tertiary/aromatic N) is 2. The average molecular weight is 252 g/mol. The van der Waals surface area contributed by atoms with E-state index in [4.69, 9.17) is 11.5 Å². The normalized spacial score (nSPS) is 20.3. The van der Waals surface area contributed by atoms with Crippen LogP contribution >= 0.6 is 11.8 Å². The van der Waals surface area contributed by atoms with Crippen molar-refractivity contribution in [3.05, 3.63) is 17.8 Å². The molecule has 0 aliphatic carbocycles. The predicted octanol–water partition coefficient (Wildman–Crippen LogP) is 0.704. The molecular formula is C11H16N4OS. The highest BCUT2D eigenvalue weighted by molar-refractivity contribution is 8.00. The van der Waals surface area contributed by atoms with Crippen LogP contribution in [0.5, 0.6) is 0 Å². The van der Waals surface area contributed by atoms with E-state index in [2.05, 4.69) is 16.8 Å². The highest BCUT2D eigenvalue weighted by atomic mass is 32.2. The molecule has 1 unspecified atom stereocenters. The first-order valence-electron chi connectivity index (χ1n) is 5.51. The molecule has 1 aromatic rings. The van der Waals surface area contributed by atoms with Crippen LogP contribution in [-0.4, -0.2) is 35.0 Å². The summed E-state index contributed by atoms with van der Waals surface area (Å²) >= 11 is 1.93. The van der Waals surface area contributed by atoms with Gasteiger partial charge in [-0.25, -0.2) is 4.98 Å². The van der Waals surface area contributed by atoms with E-state index in [0.29, 0.717) is 16.8 Å². The number of nitrogen functional groups attached to an aromatic ring is 1. The Morgan fingerprint density at radius 2 is 2.35 bits per heavy atom. The maximum Gasteiger partial charge on any atom is 0.267 e. The minimum Gasteiger partial charge on any atom is -0.396 e.